The number of carbonyl (C=O) groups is 1. The number of carbonyl (C=O) groups excluding carboxylic acids is 1. The average Bonchev–Trinajstić information content (AvgIpc) is 2.46. The zero-order valence-corrected chi connectivity index (χ0v) is 9.74. The summed E-state index contributed by atoms with van der Waals surface area (Å²) in [5.74, 6) is -0.443. The van der Waals surface area contributed by atoms with E-state index in [2.05, 4.69) is 4.98 Å². The van der Waals surface area contributed by atoms with E-state index in [9.17, 15) is 4.79 Å². The van der Waals surface area contributed by atoms with Gasteiger partial charge in [-0.3, -0.25) is 0 Å². The SMILES string of the molecule is O=C(OCc1ccc(CO)cc1)c1ccccn1. The number of benzene rings is 1. The van der Waals surface area contributed by atoms with Crippen LogP contribution in [0.15, 0.2) is 48.7 Å². The monoisotopic (exact) mass is 243 g/mol. The lowest BCUT2D eigenvalue weighted by Gasteiger charge is -2.05. The summed E-state index contributed by atoms with van der Waals surface area (Å²) in [5, 5.41) is 8.90. The topological polar surface area (TPSA) is 59.4 Å². The Hall–Kier alpha value is -2.20. The van der Waals surface area contributed by atoms with Crippen LogP contribution in [0.2, 0.25) is 0 Å². The van der Waals surface area contributed by atoms with Gasteiger partial charge in [-0.1, -0.05) is 30.3 Å². The zero-order valence-electron chi connectivity index (χ0n) is 9.74. The van der Waals surface area contributed by atoms with Crippen molar-refractivity contribution in [2.24, 2.45) is 0 Å². The van der Waals surface area contributed by atoms with Crippen molar-refractivity contribution in [3.05, 3.63) is 65.5 Å². The molecule has 0 aliphatic rings. The van der Waals surface area contributed by atoms with Crippen molar-refractivity contribution >= 4 is 5.97 Å². The van der Waals surface area contributed by atoms with E-state index in [1.165, 1.54) is 0 Å². The molecule has 0 atom stereocenters. The lowest BCUT2D eigenvalue weighted by atomic mass is 10.1. The Bertz CT molecular complexity index is 508. The highest BCUT2D eigenvalue weighted by atomic mass is 16.5. The maximum Gasteiger partial charge on any atom is 0.357 e. The standard InChI is InChI=1S/C14H13NO3/c16-9-11-4-6-12(7-5-11)10-18-14(17)13-3-1-2-8-15-13/h1-8,16H,9-10H2. The molecule has 0 unspecified atom stereocenters. The maximum absolute atomic E-state index is 11.6. The van der Waals surface area contributed by atoms with Crippen molar-refractivity contribution in [1.82, 2.24) is 4.98 Å². The van der Waals surface area contributed by atoms with Gasteiger partial charge in [-0.15, -0.1) is 0 Å². The highest BCUT2D eigenvalue weighted by Crippen LogP contribution is 2.07. The van der Waals surface area contributed by atoms with Gasteiger partial charge in [0, 0.05) is 6.20 Å². The van der Waals surface area contributed by atoms with E-state index in [0.29, 0.717) is 5.69 Å². The Morgan fingerprint density at radius 3 is 2.44 bits per heavy atom. The summed E-state index contributed by atoms with van der Waals surface area (Å²) < 4.78 is 5.12. The maximum atomic E-state index is 11.6. The van der Waals surface area contributed by atoms with E-state index >= 15 is 0 Å². The van der Waals surface area contributed by atoms with Gasteiger partial charge in [-0.05, 0) is 23.3 Å². The minimum Gasteiger partial charge on any atom is -0.456 e. The molecular formula is C14H13NO3. The van der Waals surface area contributed by atoms with Crippen LogP contribution in [-0.2, 0) is 18.0 Å². The minimum absolute atomic E-state index is 0.00794. The van der Waals surface area contributed by atoms with Gasteiger partial charge < -0.3 is 9.84 Å². The van der Waals surface area contributed by atoms with Gasteiger partial charge in [-0.25, -0.2) is 9.78 Å². The van der Waals surface area contributed by atoms with Crippen LogP contribution in [0, 0.1) is 0 Å². The van der Waals surface area contributed by atoms with E-state index in [0.717, 1.165) is 11.1 Å². The molecule has 4 nitrogen and oxygen atoms in total. The van der Waals surface area contributed by atoms with Crippen LogP contribution in [0.25, 0.3) is 0 Å². The molecule has 92 valence electrons. The van der Waals surface area contributed by atoms with E-state index in [1.807, 2.05) is 12.1 Å². The van der Waals surface area contributed by atoms with Gasteiger partial charge in [-0.2, -0.15) is 0 Å². The second kappa shape index (κ2) is 5.93. The fourth-order valence-electron chi connectivity index (χ4n) is 1.45. The van der Waals surface area contributed by atoms with Crippen LogP contribution in [0.1, 0.15) is 21.6 Å². The molecule has 0 saturated heterocycles. The van der Waals surface area contributed by atoms with Crippen molar-refractivity contribution in [3.63, 3.8) is 0 Å². The number of hydrogen-bond donors (Lipinski definition) is 1. The van der Waals surface area contributed by atoms with E-state index in [1.54, 1.807) is 36.5 Å². The highest BCUT2D eigenvalue weighted by Gasteiger charge is 2.07. The van der Waals surface area contributed by atoms with Crippen LogP contribution in [0.3, 0.4) is 0 Å². The van der Waals surface area contributed by atoms with Gasteiger partial charge in [0.25, 0.3) is 0 Å². The number of aromatic nitrogens is 1. The average molecular weight is 243 g/mol. The zero-order chi connectivity index (χ0) is 12.8. The smallest absolute Gasteiger partial charge is 0.357 e. The van der Waals surface area contributed by atoms with Crippen LogP contribution in [0.5, 0.6) is 0 Å². The predicted molar refractivity (Wildman–Crippen MR) is 65.7 cm³/mol. The number of ether oxygens (including phenoxy) is 1. The number of aliphatic hydroxyl groups excluding tert-OH is 1. The molecule has 0 aliphatic heterocycles. The molecule has 1 aromatic heterocycles. The molecule has 1 N–H and O–H groups in total. The lowest BCUT2D eigenvalue weighted by molar-refractivity contribution is 0.0465. The summed E-state index contributed by atoms with van der Waals surface area (Å²) in [7, 11) is 0. The molecule has 0 spiro atoms. The highest BCUT2D eigenvalue weighted by molar-refractivity contribution is 5.87. The Labute approximate surface area is 105 Å². The molecular weight excluding hydrogens is 230 g/mol. The summed E-state index contributed by atoms with van der Waals surface area (Å²) >= 11 is 0. The Morgan fingerprint density at radius 2 is 1.83 bits per heavy atom. The normalized spacial score (nSPS) is 10.1. The van der Waals surface area contributed by atoms with Crippen LogP contribution in [0.4, 0.5) is 0 Å². The van der Waals surface area contributed by atoms with Gasteiger partial charge in [0.1, 0.15) is 12.3 Å². The minimum atomic E-state index is -0.443. The van der Waals surface area contributed by atoms with Gasteiger partial charge in [0.15, 0.2) is 0 Å². The fourth-order valence-corrected chi connectivity index (χ4v) is 1.45. The fraction of sp³-hybridized carbons (Fsp3) is 0.143. The third-order valence-corrected chi connectivity index (χ3v) is 2.45. The molecule has 18 heavy (non-hydrogen) atoms. The summed E-state index contributed by atoms with van der Waals surface area (Å²) in [6, 6.07) is 12.3. The third-order valence-electron chi connectivity index (χ3n) is 2.45. The number of aliphatic hydroxyl groups is 1. The molecule has 2 aromatic rings. The summed E-state index contributed by atoms with van der Waals surface area (Å²) in [6.07, 6.45) is 1.55. The van der Waals surface area contributed by atoms with Gasteiger partial charge in [0.05, 0.1) is 6.61 Å². The van der Waals surface area contributed by atoms with Crippen molar-refractivity contribution in [2.75, 3.05) is 0 Å². The first-order valence-electron chi connectivity index (χ1n) is 5.56. The number of hydrogen-bond acceptors (Lipinski definition) is 4. The van der Waals surface area contributed by atoms with Crippen molar-refractivity contribution in [1.29, 1.82) is 0 Å². The summed E-state index contributed by atoms with van der Waals surface area (Å²) in [5.41, 5.74) is 2.00. The number of esters is 1. The summed E-state index contributed by atoms with van der Waals surface area (Å²) in [6.45, 7) is 0.203. The molecule has 0 fully saturated rings. The van der Waals surface area contributed by atoms with Crippen LogP contribution < -0.4 is 0 Å². The Morgan fingerprint density at radius 1 is 1.11 bits per heavy atom. The molecule has 2 rings (SSSR count). The molecule has 1 heterocycles. The predicted octanol–water partition coefficient (Wildman–Crippen LogP) is 1.93. The Kier molecular flexibility index (Phi) is 4.04. The molecule has 1 aromatic carbocycles. The second-order valence-electron chi connectivity index (χ2n) is 3.77. The van der Waals surface area contributed by atoms with E-state index in [-0.39, 0.29) is 13.2 Å². The quantitative estimate of drug-likeness (QED) is 0.833. The van der Waals surface area contributed by atoms with E-state index < -0.39 is 5.97 Å². The largest absolute Gasteiger partial charge is 0.456 e. The summed E-state index contributed by atoms with van der Waals surface area (Å²) in [4.78, 5) is 15.5. The molecule has 4 heteroatoms. The lowest BCUT2D eigenvalue weighted by Crippen LogP contribution is -2.06. The molecule has 0 radical (unpaired) electrons. The first kappa shape index (κ1) is 12.3. The van der Waals surface area contributed by atoms with Crippen molar-refractivity contribution in [2.45, 2.75) is 13.2 Å². The van der Waals surface area contributed by atoms with Crippen molar-refractivity contribution in [3.8, 4) is 0 Å². The van der Waals surface area contributed by atoms with Gasteiger partial charge in [0.2, 0.25) is 0 Å². The van der Waals surface area contributed by atoms with Crippen LogP contribution >= 0.6 is 0 Å². The first-order chi connectivity index (χ1) is 8.79. The number of pyridine rings is 1. The van der Waals surface area contributed by atoms with Crippen LogP contribution in [-0.4, -0.2) is 16.1 Å². The van der Waals surface area contributed by atoms with E-state index in [4.69, 9.17) is 9.84 Å². The van der Waals surface area contributed by atoms with Crippen molar-refractivity contribution < 1.29 is 14.6 Å². The number of nitrogens with zero attached hydrogens (tertiary/aromatic N) is 1. The number of rotatable bonds is 4. The third kappa shape index (κ3) is 3.15. The molecule has 0 amide bonds. The Balaban J connectivity index is 1.93. The molecule has 0 aliphatic carbocycles. The molecule has 0 bridgehead atoms. The van der Waals surface area contributed by atoms with Gasteiger partial charge >= 0.3 is 5.97 Å². The second-order valence-corrected chi connectivity index (χ2v) is 3.77. The molecule has 0 saturated carbocycles. The first-order valence-corrected chi connectivity index (χ1v) is 5.56.